The van der Waals surface area contributed by atoms with Crippen LogP contribution >= 0.6 is 0 Å². The lowest BCUT2D eigenvalue weighted by molar-refractivity contribution is 0.0706. The minimum absolute atomic E-state index is 0.251. The number of hydrogen-bond acceptors (Lipinski definition) is 4. The summed E-state index contributed by atoms with van der Waals surface area (Å²) in [6.07, 6.45) is 0. The van der Waals surface area contributed by atoms with Crippen LogP contribution in [0.3, 0.4) is 0 Å². The maximum absolute atomic E-state index is 11.0. The van der Waals surface area contributed by atoms with Gasteiger partial charge in [-0.15, -0.1) is 0 Å². The first-order valence-corrected chi connectivity index (χ1v) is 3.74. The molecule has 0 aromatic heterocycles. The number of hydroxylamine groups is 1. The van der Waals surface area contributed by atoms with Gasteiger partial charge < -0.3 is 0 Å². The highest BCUT2D eigenvalue weighted by Gasteiger charge is 2.06. The van der Waals surface area contributed by atoms with Crippen molar-refractivity contribution in [1.82, 2.24) is 10.9 Å². The van der Waals surface area contributed by atoms with Crippen molar-refractivity contribution in [1.29, 1.82) is 0 Å². The SMILES string of the molecule is NNC(=O)c1ccc(C(=O)NO)cc1. The Morgan fingerprint density at radius 1 is 1.07 bits per heavy atom. The topological polar surface area (TPSA) is 104 Å². The zero-order chi connectivity index (χ0) is 10.6. The molecule has 2 amide bonds. The van der Waals surface area contributed by atoms with Crippen molar-refractivity contribution < 1.29 is 14.8 Å². The van der Waals surface area contributed by atoms with E-state index >= 15 is 0 Å². The van der Waals surface area contributed by atoms with Crippen molar-refractivity contribution in [2.24, 2.45) is 5.84 Å². The molecule has 5 N–H and O–H groups in total. The van der Waals surface area contributed by atoms with Crippen molar-refractivity contribution >= 4 is 11.8 Å². The van der Waals surface area contributed by atoms with Crippen LogP contribution in [0.2, 0.25) is 0 Å². The number of carbonyl (C=O) groups excluding carboxylic acids is 2. The molecule has 1 aromatic rings. The summed E-state index contributed by atoms with van der Waals surface area (Å²) in [4.78, 5) is 21.9. The van der Waals surface area contributed by atoms with Crippen LogP contribution in [0.1, 0.15) is 20.7 Å². The fourth-order valence-corrected chi connectivity index (χ4v) is 0.921. The van der Waals surface area contributed by atoms with Crippen LogP contribution in [0, 0.1) is 0 Å². The summed E-state index contributed by atoms with van der Waals surface area (Å²) in [5.41, 5.74) is 4.02. The van der Waals surface area contributed by atoms with Gasteiger partial charge in [0.25, 0.3) is 11.8 Å². The lowest BCUT2D eigenvalue weighted by Crippen LogP contribution is -2.30. The molecule has 0 radical (unpaired) electrons. The van der Waals surface area contributed by atoms with Crippen molar-refractivity contribution in [3.63, 3.8) is 0 Å². The van der Waals surface area contributed by atoms with E-state index < -0.39 is 11.8 Å². The molecule has 0 saturated heterocycles. The van der Waals surface area contributed by atoms with E-state index in [1.807, 2.05) is 5.43 Å². The molecule has 0 heterocycles. The Hall–Kier alpha value is -1.92. The van der Waals surface area contributed by atoms with Crippen LogP contribution in [0.5, 0.6) is 0 Å². The largest absolute Gasteiger partial charge is 0.290 e. The van der Waals surface area contributed by atoms with E-state index in [0.29, 0.717) is 5.56 Å². The van der Waals surface area contributed by atoms with E-state index in [-0.39, 0.29) is 5.56 Å². The standard InChI is InChI=1S/C8H9N3O3/c9-10-7(12)5-1-3-6(4-2-5)8(13)11-14/h1-4,14H,9H2,(H,10,12)(H,11,13). The van der Waals surface area contributed by atoms with Crippen LogP contribution in [0.25, 0.3) is 0 Å². The van der Waals surface area contributed by atoms with Crippen LogP contribution in [-0.4, -0.2) is 17.0 Å². The van der Waals surface area contributed by atoms with Gasteiger partial charge in [-0.3, -0.25) is 20.2 Å². The lowest BCUT2D eigenvalue weighted by Gasteiger charge is -2.01. The molecule has 0 saturated carbocycles. The molecule has 0 spiro atoms. The van der Waals surface area contributed by atoms with Gasteiger partial charge in [0.15, 0.2) is 0 Å². The Bertz CT molecular complexity index is 312. The molecule has 6 nitrogen and oxygen atoms in total. The highest BCUT2D eigenvalue weighted by molar-refractivity contribution is 5.97. The average Bonchev–Trinajstić information content (AvgIpc) is 2.27. The Morgan fingerprint density at radius 3 is 1.86 bits per heavy atom. The summed E-state index contributed by atoms with van der Waals surface area (Å²) in [6, 6.07) is 5.64. The van der Waals surface area contributed by atoms with E-state index in [2.05, 4.69) is 0 Å². The Morgan fingerprint density at radius 2 is 1.50 bits per heavy atom. The van der Waals surface area contributed by atoms with E-state index in [4.69, 9.17) is 11.0 Å². The summed E-state index contributed by atoms with van der Waals surface area (Å²) >= 11 is 0. The van der Waals surface area contributed by atoms with Gasteiger partial charge in [0.2, 0.25) is 0 Å². The summed E-state index contributed by atoms with van der Waals surface area (Å²) in [5.74, 6) is 3.83. The quantitative estimate of drug-likeness (QED) is 0.219. The zero-order valence-electron chi connectivity index (χ0n) is 7.15. The molecule has 1 rings (SSSR count). The first-order chi connectivity index (χ1) is 6.69. The number of hydrazine groups is 1. The van der Waals surface area contributed by atoms with Gasteiger partial charge >= 0.3 is 0 Å². The highest BCUT2D eigenvalue weighted by Crippen LogP contribution is 2.03. The van der Waals surface area contributed by atoms with E-state index in [9.17, 15) is 9.59 Å². The molecule has 0 fully saturated rings. The maximum atomic E-state index is 11.0. The molecule has 0 aliphatic heterocycles. The van der Waals surface area contributed by atoms with E-state index in [1.54, 1.807) is 0 Å². The maximum Gasteiger partial charge on any atom is 0.274 e. The molecule has 0 unspecified atom stereocenters. The monoisotopic (exact) mass is 195 g/mol. The molecular formula is C8H9N3O3. The predicted molar refractivity (Wildman–Crippen MR) is 47.3 cm³/mol. The molecule has 0 aliphatic carbocycles. The van der Waals surface area contributed by atoms with Gasteiger partial charge in [-0.1, -0.05) is 0 Å². The van der Waals surface area contributed by atoms with Crippen LogP contribution < -0.4 is 16.7 Å². The second kappa shape index (κ2) is 4.35. The van der Waals surface area contributed by atoms with Gasteiger partial charge in [0.1, 0.15) is 0 Å². The van der Waals surface area contributed by atoms with Crippen LogP contribution in [0.4, 0.5) is 0 Å². The second-order valence-corrected chi connectivity index (χ2v) is 2.49. The number of hydrogen-bond donors (Lipinski definition) is 4. The Balaban J connectivity index is 2.89. The summed E-state index contributed by atoms with van der Waals surface area (Å²) in [7, 11) is 0. The van der Waals surface area contributed by atoms with Gasteiger partial charge in [0, 0.05) is 11.1 Å². The number of carbonyl (C=O) groups is 2. The smallest absolute Gasteiger partial charge is 0.274 e. The second-order valence-electron chi connectivity index (χ2n) is 2.49. The highest BCUT2D eigenvalue weighted by atomic mass is 16.5. The molecular weight excluding hydrogens is 186 g/mol. The molecule has 1 aromatic carbocycles. The summed E-state index contributed by atoms with van der Waals surface area (Å²) in [6.45, 7) is 0. The number of benzene rings is 1. The minimum Gasteiger partial charge on any atom is -0.290 e. The van der Waals surface area contributed by atoms with Crippen LogP contribution in [0.15, 0.2) is 24.3 Å². The predicted octanol–water partition coefficient (Wildman–Crippen LogP) is -0.591. The molecule has 0 aliphatic rings. The number of nitrogens with two attached hydrogens (primary N) is 1. The molecule has 14 heavy (non-hydrogen) atoms. The third-order valence-electron chi connectivity index (χ3n) is 1.64. The number of nitrogen functional groups attached to an aromatic ring is 1. The van der Waals surface area contributed by atoms with Crippen molar-refractivity contribution in [3.05, 3.63) is 35.4 Å². The fourth-order valence-electron chi connectivity index (χ4n) is 0.921. The number of nitrogens with one attached hydrogen (secondary N) is 2. The normalized spacial score (nSPS) is 9.29. The minimum atomic E-state index is -0.635. The molecule has 0 bridgehead atoms. The first-order valence-electron chi connectivity index (χ1n) is 3.74. The average molecular weight is 195 g/mol. The van der Waals surface area contributed by atoms with Crippen molar-refractivity contribution in [2.45, 2.75) is 0 Å². The summed E-state index contributed by atoms with van der Waals surface area (Å²) < 4.78 is 0. The van der Waals surface area contributed by atoms with Crippen molar-refractivity contribution in [2.75, 3.05) is 0 Å². The molecule has 6 heteroatoms. The third kappa shape index (κ3) is 2.06. The first kappa shape index (κ1) is 10.2. The zero-order valence-corrected chi connectivity index (χ0v) is 7.15. The van der Waals surface area contributed by atoms with Crippen LogP contribution in [-0.2, 0) is 0 Å². The lowest BCUT2D eigenvalue weighted by atomic mass is 10.1. The molecule has 0 atom stereocenters. The van der Waals surface area contributed by atoms with Gasteiger partial charge in [-0.25, -0.2) is 11.3 Å². The van der Waals surface area contributed by atoms with Crippen molar-refractivity contribution in [3.8, 4) is 0 Å². The molecule has 74 valence electrons. The van der Waals surface area contributed by atoms with E-state index in [1.165, 1.54) is 29.7 Å². The third-order valence-corrected chi connectivity index (χ3v) is 1.64. The summed E-state index contributed by atoms with van der Waals surface area (Å²) in [5, 5.41) is 8.31. The fraction of sp³-hybridized carbons (Fsp3) is 0. The van der Waals surface area contributed by atoms with Gasteiger partial charge in [-0.2, -0.15) is 0 Å². The number of rotatable bonds is 2. The van der Waals surface area contributed by atoms with E-state index in [0.717, 1.165) is 0 Å². The Labute approximate surface area is 79.6 Å². The van der Waals surface area contributed by atoms with Gasteiger partial charge in [-0.05, 0) is 24.3 Å². The Kier molecular flexibility index (Phi) is 3.16. The van der Waals surface area contributed by atoms with Gasteiger partial charge in [0.05, 0.1) is 0 Å². The number of amides is 2.